The summed E-state index contributed by atoms with van der Waals surface area (Å²) in [7, 11) is 0. The first-order chi connectivity index (χ1) is 27.0. The lowest BCUT2D eigenvalue weighted by molar-refractivity contribution is 0.657. The second kappa shape index (κ2) is 13.9. The first kappa shape index (κ1) is 34.5. The van der Waals surface area contributed by atoms with Crippen molar-refractivity contribution < 1.29 is 0 Å². The molecule has 0 amide bonds. The second-order valence-corrected chi connectivity index (χ2v) is 18.1. The van der Waals surface area contributed by atoms with Gasteiger partial charge in [0.05, 0.1) is 17.0 Å². The molecule has 55 heavy (non-hydrogen) atoms. The first-order valence-electron chi connectivity index (χ1n) is 19.9. The molecule has 0 spiro atoms. The van der Waals surface area contributed by atoms with Gasteiger partial charge in [-0.2, -0.15) is 0 Å². The lowest BCUT2D eigenvalue weighted by Gasteiger charge is -2.40. The predicted octanol–water partition coefficient (Wildman–Crippen LogP) is 14.1. The molecule has 4 aromatic carbocycles. The van der Waals surface area contributed by atoms with Gasteiger partial charge in [0.15, 0.2) is 0 Å². The number of para-hydroxylation sites is 1. The van der Waals surface area contributed by atoms with E-state index in [1.54, 1.807) is 0 Å². The standard InChI is InChI=1S/C51H46N2S2/c1-4-12-47-40(28-30-53-45-16-7-9-18-49(45)55-50-19-10-8-17-46(50)53)41-31-34(23-27-48(41)54-47)20-21-35-22-25-38-39-26-24-37(33-43(39)51(2,3)42(38)32-35)52-29-11-14-36-13-5-6-15-44(36)52/h4-5,7-10,12-13,16-28,30-33,45,49H,6,11,14-15,29H2,1-3H3/b12-4-,21-20+,30-28+. The van der Waals surface area contributed by atoms with Gasteiger partial charge in [0.25, 0.3) is 0 Å². The van der Waals surface area contributed by atoms with E-state index >= 15 is 0 Å². The van der Waals surface area contributed by atoms with Crippen molar-refractivity contribution in [2.45, 2.75) is 68.1 Å². The molecule has 4 heteroatoms. The fourth-order valence-electron chi connectivity index (χ4n) is 9.34. The minimum atomic E-state index is -0.0682. The molecule has 272 valence electrons. The maximum atomic E-state index is 2.61. The summed E-state index contributed by atoms with van der Waals surface area (Å²) in [6.07, 6.45) is 32.2. The minimum absolute atomic E-state index is 0.0682. The Labute approximate surface area is 334 Å². The summed E-state index contributed by atoms with van der Waals surface area (Å²) in [5.74, 6) is 0. The zero-order valence-electron chi connectivity index (χ0n) is 31.8. The van der Waals surface area contributed by atoms with Crippen molar-refractivity contribution in [2.24, 2.45) is 0 Å². The molecule has 3 heterocycles. The van der Waals surface area contributed by atoms with Gasteiger partial charge in [-0.25, -0.2) is 0 Å². The smallest absolute Gasteiger partial charge is 0.0677 e. The van der Waals surface area contributed by atoms with Gasteiger partial charge in [0.2, 0.25) is 0 Å². The number of fused-ring (bicyclic) bond motifs is 6. The number of hydrogen-bond donors (Lipinski definition) is 0. The van der Waals surface area contributed by atoms with Crippen LogP contribution in [0.25, 0.3) is 45.5 Å². The van der Waals surface area contributed by atoms with Crippen LogP contribution >= 0.6 is 23.1 Å². The van der Waals surface area contributed by atoms with Crippen molar-refractivity contribution >= 4 is 68.9 Å². The third-order valence-corrected chi connectivity index (χ3v) is 14.6. The number of anilines is 2. The lowest BCUT2D eigenvalue weighted by Crippen LogP contribution is -2.40. The van der Waals surface area contributed by atoms with E-state index in [1.807, 2.05) is 23.1 Å². The maximum absolute atomic E-state index is 2.61. The van der Waals surface area contributed by atoms with Crippen LogP contribution in [0.3, 0.4) is 0 Å². The van der Waals surface area contributed by atoms with Gasteiger partial charge in [0.1, 0.15) is 0 Å². The SMILES string of the molecule is C/C=C\c1sc2ccc(/C=C/c3ccc4c(c3)C(C)(C)c3cc(N5CCCC6=C5CCC=C6)ccc3-4)cc2c1/C=C/N1c2ccccc2SC2C=CC=CC21. The Morgan fingerprint density at radius 1 is 0.800 bits per heavy atom. The third kappa shape index (κ3) is 6.02. The third-order valence-electron chi connectivity index (χ3n) is 12.1. The van der Waals surface area contributed by atoms with Crippen LogP contribution in [0.1, 0.15) is 79.1 Å². The number of thiophene rings is 1. The Morgan fingerprint density at radius 2 is 1.60 bits per heavy atom. The summed E-state index contributed by atoms with van der Waals surface area (Å²) in [5, 5.41) is 1.70. The number of nitrogens with zero attached hydrogens (tertiary/aromatic N) is 2. The summed E-state index contributed by atoms with van der Waals surface area (Å²) in [5.41, 5.74) is 15.0. The van der Waals surface area contributed by atoms with Crippen LogP contribution in [-0.4, -0.2) is 17.8 Å². The van der Waals surface area contributed by atoms with E-state index in [0.717, 1.165) is 19.4 Å². The molecule has 2 aliphatic heterocycles. The zero-order chi connectivity index (χ0) is 37.1. The Bertz CT molecular complexity index is 2570. The van der Waals surface area contributed by atoms with Crippen LogP contribution in [-0.2, 0) is 5.41 Å². The molecule has 10 rings (SSSR count). The summed E-state index contributed by atoms with van der Waals surface area (Å²) >= 11 is 3.84. The molecule has 0 radical (unpaired) electrons. The molecule has 0 saturated heterocycles. The molecule has 0 saturated carbocycles. The van der Waals surface area contributed by atoms with E-state index in [9.17, 15) is 0 Å². The van der Waals surface area contributed by atoms with Crippen molar-refractivity contribution in [2.75, 3.05) is 16.3 Å². The number of hydrogen-bond acceptors (Lipinski definition) is 4. The van der Waals surface area contributed by atoms with Crippen molar-refractivity contribution in [3.63, 3.8) is 0 Å². The van der Waals surface area contributed by atoms with Gasteiger partial charge < -0.3 is 9.80 Å². The van der Waals surface area contributed by atoms with E-state index in [1.165, 1.54) is 94.3 Å². The molecule has 0 fully saturated rings. The molecule has 1 aromatic heterocycles. The van der Waals surface area contributed by atoms with Crippen molar-refractivity contribution in [3.8, 4) is 11.1 Å². The van der Waals surface area contributed by atoms with Gasteiger partial charge in [-0.15, -0.1) is 23.1 Å². The predicted molar refractivity (Wildman–Crippen MR) is 241 cm³/mol. The molecule has 5 aromatic rings. The van der Waals surface area contributed by atoms with E-state index < -0.39 is 0 Å². The van der Waals surface area contributed by atoms with Gasteiger partial charge in [0, 0.05) is 55.0 Å². The Kier molecular flexibility index (Phi) is 8.72. The topological polar surface area (TPSA) is 6.48 Å². The Morgan fingerprint density at radius 3 is 2.49 bits per heavy atom. The van der Waals surface area contributed by atoms with Crippen LogP contribution in [0.4, 0.5) is 11.4 Å². The Balaban J connectivity index is 0.950. The zero-order valence-corrected chi connectivity index (χ0v) is 33.5. The van der Waals surface area contributed by atoms with E-state index in [-0.39, 0.29) is 11.5 Å². The number of allylic oxidation sites excluding steroid dienone is 7. The molecule has 0 bridgehead atoms. The highest BCUT2D eigenvalue weighted by molar-refractivity contribution is 8.00. The average Bonchev–Trinajstić information content (AvgIpc) is 3.67. The normalized spacial score (nSPS) is 20.9. The average molecular weight is 751 g/mol. The van der Waals surface area contributed by atoms with Crippen LogP contribution in [0, 0.1) is 0 Å². The number of thioether (sulfide) groups is 1. The molecule has 2 unspecified atom stereocenters. The number of benzene rings is 4. The molecule has 2 nitrogen and oxygen atoms in total. The van der Waals surface area contributed by atoms with Crippen LogP contribution in [0.5, 0.6) is 0 Å². The molecular weight excluding hydrogens is 705 g/mol. The largest absolute Gasteiger partial charge is 0.345 e. The van der Waals surface area contributed by atoms with Gasteiger partial charge >= 0.3 is 0 Å². The van der Waals surface area contributed by atoms with Crippen LogP contribution < -0.4 is 9.80 Å². The molecule has 2 atom stereocenters. The fraction of sp³-hybridized carbons (Fsp3) is 0.216. The Hall–Kier alpha value is -5.03. The molecular formula is C51H46N2S2. The highest BCUT2D eigenvalue weighted by atomic mass is 32.2. The van der Waals surface area contributed by atoms with Gasteiger partial charge in [-0.3, -0.25) is 0 Å². The van der Waals surface area contributed by atoms with Crippen molar-refractivity contribution in [3.05, 3.63) is 172 Å². The quantitative estimate of drug-likeness (QED) is 0.160. The highest BCUT2D eigenvalue weighted by Gasteiger charge is 2.36. The second-order valence-electron chi connectivity index (χ2n) is 15.8. The van der Waals surface area contributed by atoms with Crippen LogP contribution in [0.15, 0.2) is 144 Å². The van der Waals surface area contributed by atoms with Crippen LogP contribution in [0.2, 0.25) is 0 Å². The van der Waals surface area contributed by atoms with E-state index in [0.29, 0.717) is 5.25 Å². The minimum Gasteiger partial charge on any atom is -0.345 e. The van der Waals surface area contributed by atoms with Gasteiger partial charge in [-0.05, 0) is 120 Å². The van der Waals surface area contributed by atoms with E-state index in [4.69, 9.17) is 0 Å². The molecule has 5 aliphatic rings. The summed E-state index contributed by atoms with van der Waals surface area (Å²) in [4.78, 5) is 7.70. The van der Waals surface area contributed by atoms with Gasteiger partial charge in [-0.1, -0.05) is 111 Å². The number of rotatable bonds is 6. The highest BCUT2D eigenvalue weighted by Crippen LogP contribution is 2.51. The summed E-state index contributed by atoms with van der Waals surface area (Å²) < 4.78 is 1.31. The van der Waals surface area contributed by atoms with E-state index in [2.05, 4.69) is 182 Å². The monoisotopic (exact) mass is 750 g/mol. The summed E-state index contributed by atoms with van der Waals surface area (Å²) in [6.45, 7) is 8.04. The van der Waals surface area contributed by atoms with Crippen molar-refractivity contribution in [1.29, 1.82) is 0 Å². The maximum Gasteiger partial charge on any atom is 0.0677 e. The lowest BCUT2D eigenvalue weighted by atomic mass is 9.81. The molecule has 3 aliphatic carbocycles. The first-order valence-corrected chi connectivity index (χ1v) is 21.6. The summed E-state index contributed by atoms with van der Waals surface area (Å²) in [6, 6.07) is 30.4. The molecule has 0 N–H and O–H groups in total. The fourth-order valence-corrected chi connectivity index (χ4v) is 11.8. The van der Waals surface area contributed by atoms with Crippen molar-refractivity contribution in [1.82, 2.24) is 0 Å².